The van der Waals surface area contributed by atoms with Gasteiger partial charge in [-0.1, -0.05) is 54.1 Å². The van der Waals surface area contributed by atoms with Crippen molar-refractivity contribution in [3.05, 3.63) is 70.8 Å². The second kappa shape index (κ2) is 7.38. The number of carbonyl (C=O) groups is 1. The van der Waals surface area contributed by atoms with Gasteiger partial charge in [0.15, 0.2) is 5.78 Å². The van der Waals surface area contributed by atoms with Crippen LogP contribution in [-0.2, 0) is 0 Å². The summed E-state index contributed by atoms with van der Waals surface area (Å²) in [5.41, 5.74) is 3.63. The van der Waals surface area contributed by atoms with E-state index in [4.69, 9.17) is 0 Å². The van der Waals surface area contributed by atoms with Crippen LogP contribution in [-0.4, -0.2) is 5.78 Å². The molecule has 0 amide bonds. The summed E-state index contributed by atoms with van der Waals surface area (Å²) in [6.07, 6.45) is 0.152. The number of Topliss-reactive ketones (excluding diaryl/α,β-unsaturated/α-hetero) is 1. The van der Waals surface area contributed by atoms with Crippen LogP contribution in [0, 0.1) is 42.4 Å². The van der Waals surface area contributed by atoms with Crippen LogP contribution in [0.25, 0.3) is 0 Å². The van der Waals surface area contributed by atoms with Gasteiger partial charge in [-0.25, -0.2) is 0 Å². The number of nitriles is 2. The van der Waals surface area contributed by atoms with Crippen molar-refractivity contribution in [1.29, 1.82) is 10.5 Å². The standard InChI is InChI=1S/C20H18N2O/c1-14-8-9-18(15(2)10-14)19(17(12-21)13-22)11-20(23)16-6-4-3-5-7-16/h3-10,17,19H,11H2,1-2H3. The molecule has 0 bridgehead atoms. The molecule has 0 radical (unpaired) electrons. The van der Waals surface area contributed by atoms with Gasteiger partial charge in [-0.2, -0.15) is 10.5 Å². The Kier molecular flexibility index (Phi) is 5.28. The molecule has 0 spiro atoms. The molecule has 0 saturated heterocycles. The van der Waals surface area contributed by atoms with Crippen molar-refractivity contribution in [2.24, 2.45) is 5.92 Å². The Morgan fingerprint density at radius 3 is 2.26 bits per heavy atom. The number of ketones is 1. The summed E-state index contributed by atoms with van der Waals surface area (Å²) in [4.78, 5) is 12.5. The molecule has 114 valence electrons. The fourth-order valence-electron chi connectivity index (χ4n) is 2.80. The summed E-state index contributed by atoms with van der Waals surface area (Å²) in [6, 6.07) is 19.0. The van der Waals surface area contributed by atoms with Crippen molar-refractivity contribution in [1.82, 2.24) is 0 Å². The van der Waals surface area contributed by atoms with Crippen molar-refractivity contribution in [3.63, 3.8) is 0 Å². The zero-order valence-electron chi connectivity index (χ0n) is 13.3. The van der Waals surface area contributed by atoms with Gasteiger partial charge in [0.2, 0.25) is 0 Å². The SMILES string of the molecule is Cc1ccc(C(CC(=O)c2ccccc2)C(C#N)C#N)c(C)c1. The minimum absolute atomic E-state index is 0.0499. The highest BCUT2D eigenvalue weighted by molar-refractivity contribution is 5.96. The van der Waals surface area contributed by atoms with Gasteiger partial charge in [0, 0.05) is 17.9 Å². The lowest BCUT2D eigenvalue weighted by Crippen LogP contribution is -2.16. The molecule has 0 N–H and O–H groups in total. The lowest BCUT2D eigenvalue weighted by atomic mass is 9.80. The van der Waals surface area contributed by atoms with Crippen molar-refractivity contribution >= 4 is 5.78 Å². The maximum atomic E-state index is 12.5. The van der Waals surface area contributed by atoms with Crippen LogP contribution in [0.2, 0.25) is 0 Å². The summed E-state index contributed by atoms with van der Waals surface area (Å²) < 4.78 is 0. The number of hydrogen-bond donors (Lipinski definition) is 0. The number of hydrogen-bond acceptors (Lipinski definition) is 3. The smallest absolute Gasteiger partial charge is 0.163 e. The first-order chi connectivity index (χ1) is 11.1. The monoisotopic (exact) mass is 302 g/mol. The molecule has 2 rings (SSSR count). The van der Waals surface area contributed by atoms with Gasteiger partial charge in [0.25, 0.3) is 0 Å². The maximum Gasteiger partial charge on any atom is 0.163 e. The average molecular weight is 302 g/mol. The second-order valence-electron chi connectivity index (χ2n) is 5.70. The number of benzene rings is 2. The average Bonchev–Trinajstić information content (AvgIpc) is 2.56. The predicted octanol–water partition coefficient (Wildman–Crippen LogP) is 4.32. The topological polar surface area (TPSA) is 64.7 Å². The van der Waals surface area contributed by atoms with Crippen LogP contribution >= 0.6 is 0 Å². The van der Waals surface area contributed by atoms with Crippen LogP contribution in [0.1, 0.15) is 39.4 Å². The molecule has 0 saturated carbocycles. The summed E-state index contributed by atoms with van der Waals surface area (Å²) in [5, 5.41) is 18.6. The lowest BCUT2D eigenvalue weighted by molar-refractivity contribution is 0.0970. The van der Waals surface area contributed by atoms with Gasteiger partial charge in [-0.15, -0.1) is 0 Å². The minimum atomic E-state index is -0.843. The van der Waals surface area contributed by atoms with Crippen LogP contribution in [0.3, 0.4) is 0 Å². The number of rotatable bonds is 5. The highest BCUT2D eigenvalue weighted by Gasteiger charge is 2.27. The third-order valence-electron chi connectivity index (χ3n) is 4.01. The van der Waals surface area contributed by atoms with Gasteiger partial charge < -0.3 is 0 Å². The van der Waals surface area contributed by atoms with Crippen LogP contribution in [0.15, 0.2) is 48.5 Å². The molecule has 1 atom stereocenters. The van der Waals surface area contributed by atoms with Gasteiger partial charge in [-0.3, -0.25) is 4.79 Å². The molecule has 0 fully saturated rings. The fraction of sp³-hybridized carbons (Fsp3) is 0.250. The van der Waals surface area contributed by atoms with E-state index in [1.54, 1.807) is 12.1 Å². The Morgan fingerprint density at radius 1 is 1.04 bits per heavy atom. The molecule has 0 heterocycles. The van der Waals surface area contributed by atoms with E-state index < -0.39 is 11.8 Å². The second-order valence-corrected chi connectivity index (χ2v) is 5.70. The maximum absolute atomic E-state index is 12.5. The number of aryl methyl sites for hydroxylation is 2. The van der Waals surface area contributed by atoms with Crippen molar-refractivity contribution < 1.29 is 4.79 Å². The molecule has 3 heteroatoms. The molecule has 2 aromatic rings. The summed E-state index contributed by atoms with van der Waals surface area (Å²) in [5.74, 6) is -1.31. The summed E-state index contributed by atoms with van der Waals surface area (Å²) in [6.45, 7) is 3.95. The zero-order valence-corrected chi connectivity index (χ0v) is 13.3. The third-order valence-corrected chi connectivity index (χ3v) is 4.01. The summed E-state index contributed by atoms with van der Waals surface area (Å²) >= 11 is 0. The van der Waals surface area contributed by atoms with Gasteiger partial charge in [0.1, 0.15) is 5.92 Å². The Labute approximate surface area is 136 Å². The molecule has 0 aliphatic carbocycles. The Balaban J connectivity index is 2.38. The molecule has 2 aromatic carbocycles. The van der Waals surface area contributed by atoms with E-state index in [0.717, 1.165) is 16.7 Å². The van der Waals surface area contributed by atoms with E-state index in [0.29, 0.717) is 5.56 Å². The van der Waals surface area contributed by atoms with Gasteiger partial charge in [0.05, 0.1) is 12.1 Å². The molecule has 0 aromatic heterocycles. The summed E-state index contributed by atoms with van der Waals surface area (Å²) in [7, 11) is 0. The van der Waals surface area contributed by atoms with Crippen LogP contribution in [0.4, 0.5) is 0 Å². The molecule has 0 aliphatic heterocycles. The van der Waals surface area contributed by atoms with Crippen molar-refractivity contribution in [2.45, 2.75) is 26.2 Å². The Morgan fingerprint density at radius 2 is 1.70 bits per heavy atom. The molecule has 0 aliphatic rings. The first-order valence-corrected chi connectivity index (χ1v) is 7.51. The molecule has 23 heavy (non-hydrogen) atoms. The normalized spacial score (nSPS) is 11.5. The first kappa shape index (κ1) is 16.5. The van der Waals surface area contributed by atoms with E-state index >= 15 is 0 Å². The van der Waals surface area contributed by atoms with Crippen LogP contribution < -0.4 is 0 Å². The molecular weight excluding hydrogens is 284 g/mol. The largest absolute Gasteiger partial charge is 0.294 e. The van der Waals surface area contributed by atoms with E-state index in [9.17, 15) is 15.3 Å². The highest BCUT2D eigenvalue weighted by atomic mass is 16.1. The van der Waals surface area contributed by atoms with Crippen molar-refractivity contribution in [3.8, 4) is 12.1 Å². The van der Waals surface area contributed by atoms with E-state index in [1.807, 2.05) is 62.4 Å². The van der Waals surface area contributed by atoms with E-state index in [-0.39, 0.29) is 12.2 Å². The Hall–Kier alpha value is -2.91. The molecular formula is C20H18N2O. The zero-order chi connectivity index (χ0) is 16.8. The van der Waals surface area contributed by atoms with Crippen LogP contribution in [0.5, 0.6) is 0 Å². The lowest BCUT2D eigenvalue weighted by Gasteiger charge is -2.20. The first-order valence-electron chi connectivity index (χ1n) is 7.51. The van der Waals surface area contributed by atoms with E-state index in [2.05, 4.69) is 0 Å². The number of nitrogens with zero attached hydrogens (tertiary/aromatic N) is 2. The third kappa shape index (κ3) is 3.84. The highest BCUT2D eigenvalue weighted by Crippen LogP contribution is 2.32. The van der Waals surface area contributed by atoms with E-state index in [1.165, 1.54) is 0 Å². The minimum Gasteiger partial charge on any atom is -0.294 e. The molecule has 1 unspecified atom stereocenters. The Bertz CT molecular complexity index is 768. The fourth-order valence-corrected chi connectivity index (χ4v) is 2.80. The predicted molar refractivity (Wildman–Crippen MR) is 88.8 cm³/mol. The quantitative estimate of drug-likeness (QED) is 0.772. The van der Waals surface area contributed by atoms with Gasteiger partial charge >= 0.3 is 0 Å². The number of carbonyl (C=O) groups excluding carboxylic acids is 1. The van der Waals surface area contributed by atoms with Gasteiger partial charge in [-0.05, 0) is 25.0 Å². The van der Waals surface area contributed by atoms with Crippen molar-refractivity contribution in [2.75, 3.05) is 0 Å². The molecule has 3 nitrogen and oxygen atoms in total.